The zero-order chi connectivity index (χ0) is 16.7. The van der Waals surface area contributed by atoms with E-state index in [0.29, 0.717) is 0 Å². The molecule has 2 rings (SSSR count). The van der Waals surface area contributed by atoms with Gasteiger partial charge in [-0.3, -0.25) is 15.0 Å². The zero-order valence-corrected chi connectivity index (χ0v) is 12.7. The lowest BCUT2D eigenvalue weighted by atomic mass is 10.1. The minimum atomic E-state index is -0.233. The highest BCUT2D eigenvalue weighted by Gasteiger charge is 2.00. The van der Waals surface area contributed by atoms with E-state index < -0.39 is 0 Å². The number of nitrogens with two attached hydrogens (primary N) is 1. The topological polar surface area (TPSA) is 84.2 Å². The molecule has 0 spiro atoms. The molecule has 5 nitrogen and oxygen atoms in total. The molecule has 4 N–H and O–H groups in total. The summed E-state index contributed by atoms with van der Waals surface area (Å²) < 4.78 is 0. The summed E-state index contributed by atoms with van der Waals surface area (Å²) in [6, 6.07) is 14.7. The highest BCUT2D eigenvalue weighted by atomic mass is 16.2. The number of anilines is 1. The summed E-state index contributed by atoms with van der Waals surface area (Å²) >= 11 is 0. The molecule has 2 amide bonds. The van der Waals surface area contributed by atoms with Gasteiger partial charge in [0.15, 0.2) is 0 Å². The molecule has 0 aliphatic heterocycles. The van der Waals surface area contributed by atoms with Crippen molar-refractivity contribution in [2.75, 3.05) is 5.32 Å². The fourth-order valence-electron chi connectivity index (χ4n) is 1.93. The van der Waals surface area contributed by atoms with Gasteiger partial charge in [-0.1, -0.05) is 24.0 Å². The van der Waals surface area contributed by atoms with Crippen LogP contribution in [0.4, 0.5) is 5.69 Å². The van der Waals surface area contributed by atoms with Gasteiger partial charge in [0, 0.05) is 23.7 Å². The third kappa shape index (κ3) is 5.30. The van der Waals surface area contributed by atoms with E-state index in [2.05, 4.69) is 22.6 Å². The zero-order valence-electron chi connectivity index (χ0n) is 12.7. The van der Waals surface area contributed by atoms with Gasteiger partial charge in [0.2, 0.25) is 11.8 Å². The maximum atomic E-state index is 11.2. The lowest BCUT2D eigenvalue weighted by molar-refractivity contribution is -0.120. The Bertz CT molecular complexity index is 754. The Hall–Kier alpha value is -3.10. The van der Waals surface area contributed by atoms with Crippen molar-refractivity contribution in [2.45, 2.75) is 13.3 Å². The highest BCUT2D eigenvalue weighted by Crippen LogP contribution is 2.09. The molecular weight excluding hydrogens is 290 g/mol. The number of hydrogen-bond donors (Lipinski definition) is 3. The van der Waals surface area contributed by atoms with E-state index in [-0.39, 0.29) is 18.2 Å². The molecule has 0 bridgehead atoms. The molecule has 23 heavy (non-hydrogen) atoms. The quantitative estimate of drug-likeness (QED) is 0.348. The molecule has 0 radical (unpaired) electrons. The van der Waals surface area contributed by atoms with E-state index >= 15 is 0 Å². The number of hydrazine groups is 1. The number of amides is 2. The summed E-state index contributed by atoms with van der Waals surface area (Å²) in [6.45, 7) is 1.47. The smallest absolute Gasteiger partial charge is 0.238 e. The molecule has 0 atom stereocenters. The van der Waals surface area contributed by atoms with Gasteiger partial charge in [0.1, 0.15) is 0 Å². The maximum absolute atomic E-state index is 11.2. The lowest BCUT2D eigenvalue weighted by Crippen LogP contribution is -2.31. The first-order valence-corrected chi connectivity index (χ1v) is 7.05. The van der Waals surface area contributed by atoms with Crippen LogP contribution in [0.5, 0.6) is 0 Å². The van der Waals surface area contributed by atoms with E-state index in [1.165, 1.54) is 6.92 Å². The van der Waals surface area contributed by atoms with Crippen molar-refractivity contribution in [1.82, 2.24) is 5.43 Å². The molecule has 0 fully saturated rings. The summed E-state index contributed by atoms with van der Waals surface area (Å²) in [7, 11) is 0. The monoisotopic (exact) mass is 307 g/mol. The Morgan fingerprint density at radius 2 is 1.48 bits per heavy atom. The molecule has 0 heterocycles. The average molecular weight is 307 g/mol. The number of carbonyl (C=O) groups is 2. The van der Waals surface area contributed by atoms with Gasteiger partial charge < -0.3 is 5.32 Å². The Morgan fingerprint density at radius 3 is 1.96 bits per heavy atom. The van der Waals surface area contributed by atoms with Gasteiger partial charge in [-0.15, -0.1) is 0 Å². The molecule has 0 aliphatic rings. The Labute approximate surface area is 134 Å². The van der Waals surface area contributed by atoms with Crippen molar-refractivity contribution in [1.29, 1.82) is 0 Å². The van der Waals surface area contributed by atoms with Gasteiger partial charge in [0.25, 0.3) is 0 Å². The summed E-state index contributed by atoms with van der Waals surface area (Å²) in [4.78, 5) is 22.1. The summed E-state index contributed by atoms with van der Waals surface area (Å²) in [5, 5.41) is 2.70. The van der Waals surface area contributed by atoms with E-state index in [1.807, 2.05) is 36.4 Å². The molecular formula is C18H17N3O2. The maximum Gasteiger partial charge on any atom is 0.238 e. The van der Waals surface area contributed by atoms with Crippen LogP contribution in [0.15, 0.2) is 48.5 Å². The second kappa shape index (κ2) is 7.78. The van der Waals surface area contributed by atoms with Crippen LogP contribution in [0.1, 0.15) is 23.6 Å². The summed E-state index contributed by atoms with van der Waals surface area (Å²) in [6.07, 6.45) is 0.245. The Morgan fingerprint density at radius 1 is 0.957 bits per heavy atom. The van der Waals surface area contributed by atoms with Gasteiger partial charge in [-0.2, -0.15) is 0 Å². The van der Waals surface area contributed by atoms with E-state index in [0.717, 1.165) is 22.4 Å². The second-order valence-corrected chi connectivity index (χ2v) is 4.95. The van der Waals surface area contributed by atoms with Crippen molar-refractivity contribution in [3.05, 3.63) is 65.2 Å². The number of nitrogens with one attached hydrogen (secondary N) is 2. The second-order valence-electron chi connectivity index (χ2n) is 4.95. The standard InChI is InChI=1S/C18H17N3O2/c1-13(22)20-17-10-8-15(9-11-17)3-2-14-4-6-16(7-5-14)12-18(23)21-19/h4-11H,12,19H2,1H3,(H,20,22)(H,21,23). The predicted octanol–water partition coefficient (Wildman–Crippen LogP) is 1.58. The number of benzene rings is 2. The minimum absolute atomic E-state index is 0.104. The first kappa shape index (κ1) is 16.3. The number of hydrogen-bond acceptors (Lipinski definition) is 3. The van der Waals surface area contributed by atoms with Crippen molar-refractivity contribution in [3.8, 4) is 11.8 Å². The third-order valence-corrected chi connectivity index (χ3v) is 3.04. The van der Waals surface area contributed by atoms with Crippen molar-refractivity contribution >= 4 is 17.5 Å². The molecule has 0 aromatic heterocycles. The fraction of sp³-hybridized carbons (Fsp3) is 0.111. The average Bonchev–Trinajstić information content (AvgIpc) is 2.55. The predicted molar refractivity (Wildman–Crippen MR) is 89.2 cm³/mol. The van der Waals surface area contributed by atoms with E-state index in [4.69, 9.17) is 5.84 Å². The molecule has 2 aromatic rings. The molecule has 116 valence electrons. The van der Waals surface area contributed by atoms with Gasteiger partial charge in [-0.25, -0.2) is 5.84 Å². The molecule has 2 aromatic carbocycles. The summed E-state index contributed by atoms with van der Waals surface area (Å²) in [5.74, 6) is 10.8. The number of carbonyl (C=O) groups excluding carboxylic acids is 2. The van der Waals surface area contributed by atoms with Gasteiger partial charge in [0.05, 0.1) is 6.42 Å². The first-order valence-electron chi connectivity index (χ1n) is 7.05. The Kier molecular flexibility index (Phi) is 5.50. The van der Waals surface area contributed by atoms with Crippen LogP contribution in [-0.4, -0.2) is 11.8 Å². The minimum Gasteiger partial charge on any atom is -0.326 e. The van der Waals surface area contributed by atoms with Gasteiger partial charge in [-0.05, 0) is 42.0 Å². The number of rotatable bonds is 3. The normalized spacial score (nSPS) is 9.48. The van der Waals surface area contributed by atoms with Crippen LogP contribution in [0.25, 0.3) is 0 Å². The first-order chi connectivity index (χ1) is 11.1. The van der Waals surface area contributed by atoms with Gasteiger partial charge >= 0.3 is 0 Å². The van der Waals surface area contributed by atoms with E-state index in [1.54, 1.807) is 12.1 Å². The highest BCUT2D eigenvalue weighted by molar-refractivity contribution is 5.88. The van der Waals surface area contributed by atoms with Crippen LogP contribution < -0.4 is 16.6 Å². The lowest BCUT2D eigenvalue weighted by Gasteiger charge is -2.01. The van der Waals surface area contributed by atoms with Crippen molar-refractivity contribution < 1.29 is 9.59 Å². The largest absolute Gasteiger partial charge is 0.326 e. The third-order valence-electron chi connectivity index (χ3n) is 3.04. The molecule has 0 saturated carbocycles. The van der Waals surface area contributed by atoms with Crippen LogP contribution in [-0.2, 0) is 16.0 Å². The summed E-state index contributed by atoms with van der Waals surface area (Å²) in [5.41, 5.74) is 5.42. The molecule has 0 unspecified atom stereocenters. The Balaban J connectivity index is 2.03. The van der Waals surface area contributed by atoms with Crippen molar-refractivity contribution in [3.63, 3.8) is 0 Å². The van der Waals surface area contributed by atoms with Crippen LogP contribution in [0, 0.1) is 11.8 Å². The van der Waals surface area contributed by atoms with Crippen LogP contribution in [0.2, 0.25) is 0 Å². The fourth-order valence-corrected chi connectivity index (χ4v) is 1.93. The van der Waals surface area contributed by atoms with Crippen LogP contribution in [0.3, 0.4) is 0 Å². The van der Waals surface area contributed by atoms with Crippen LogP contribution >= 0.6 is 0 Å². The van der Waals surface area contributed by atoms with E-state index in [9.17, 15) is 9.59 Å². The van der Waals surface area contributed by atoms with Crippen molar-refractivity contribution in [2.24, 2.45) is 5.84 Å². The molecule has 5 heteroatoms. The molecule has 0 aliphatic carbocycles. The molecule has 0 saturated heterocycles. The SMILES string of the molecule is CC(=O)Nc1ccc(C#Cc2ccc(CC(=O)NN)cc2)cc1.